The Bertz CT molecular complexity index is 1240. The molecular weight excluding hydrogens is 547 g/mol. The third-order valence-corrected chi connectivity index (χ3v) is 6.61. The lowest BCUT2D eigenvalue weighted by Crippen LogP contribution is -2.36. The van der Waals surface area contributed by atoms with Crippen molar-refractivity contribution in [1.29, 1.82) is 0 Å². The molecule has 0 radical (unpaired) electrons. The van der Waals surface area contributed by atoms with Gasteiger partial charge in [-0.05, 0) is 71.5 Å². The first-order valence-electron chi connectivity index (χ1n) is 11.1. The maximum Gasteiger partial charge on any atom is 0.255 e. The van der Waals surface area contributed by atoms with Gasteiger partial charge in [0.15, 0.2) is 0 Å². The van der Waals surface area contributed by atoms with Crippen LogP contribution >= 0.6 is 22.6 Å². The molecule has 5 rings (SSSR count). The van der Waals surface area contributed by atoms with Gasteiger partial charge in [-0.2, -0.15) is 0 Å². The number of nitrogens with zero attached hydrogens (tertiary/aromatic N) is 2. The quantitative estimate of drug-likeness (QED) is 0.441. The van der Waals surface area contributed by atoms with E-state index in [0.29, 0.717) is 48.9 Å². The normalized spacial score (nSPS) is 15.3. The Balaban J connectivity index is 1.29. The molecule has 9 heteroatoms. The zero-order valence-corrected chi connectivity index (χ0v) is 20.5. The summed E-state index contributed by atoms with van der Waals surface area (Å²) in [5.74, 6) is 1.60. The molecule has 0 aliphatic carbocycles. The number of aromatic nitrogens is 1. The Morgan fingerprint density at radius 1 is 1.09 bits per heavy atom. The fourth-order valence-electron chi connectivity index (χ4n) is 4.00. The highest BCUT2D eigenvalue weighted by atomic mass is 127. The van der Waals surface area contributed by atoms with Crippen LogP contribution in [-0.2, 0) is 16.0 Å². The SMILES string of the molecule is O=C1CCc2c(Oc3ccc(C(=O)Nc4cccc(N5CCOCC5)c4)cc3I)ccnc2N1. The van der Waals surface area contributed by atoms with E-state index in [2.05, 4.69) is 43.1 Å². The minimum atomic E-state index is -0.187. The summed E-state index contributed by atoms with van der Waals surface area (Å²) in [5, 5.41) is 5.77. The van der Waals surface area contributed by atoms with E-state index in [4.69, 9.17) is 9.47 Å². The summed E-state index contributed by atoms with van der Waals surface area (Å²) < 4.78 is 12.4. The number of nitrogens with one attached hydrogen (secondary N) is 2. The molecular formula is C25H23IN4O4. The number of morpholine rings is 1. The van der Waals surface area contributed by atoms with Crippen LogP contribution in [0.5, 0.6) is 11.5 Å². The largest absolute Gasteiger partial charge is 0.456 e. The Morgan fingerprint density at radius 2 is 1.94 bits per heavy atom. The summed E-state index contributed by atoms with van der Waals surface area (Å²) in [6, 6.07) is 15.0. The maximum absolute atomic E-state index is 12.9. The first-order valence-corrected chi connectivity index (χ1v) is 12.1. The highest BCUT2D eigenvalue weighted by molar-refractivity contribution is 14.1. The van der Waals surface area contributed by atoms with E-state index in [9.17, 15) is 9.59 Å². The molecule has 2 amide bonds. The average molecular weight is 570 g/mol. The second kappa shape index (κ2) is 9.98. The van der Waals surface area contributed by atoms with E-state index in [1.165, 1.54) is 0 Å². The lowest BCUT2D eigenvalue weighted by Gasteiger charge is -2.29. The highest BCUT2D eigenvalue weighted by Gasteiger charge is 2.21. The summed E-state index contributed by atoms with van der Waals surface area (Å²) in [4.78, 5) is 31.0. The number of anilines is 3. The van der Waals surface area contributed by atoms with Gasteiger partial charge in [0.25, 0.3) is 5.91 Å². The highest BCUT2D eigenvalue weighted by Crippen LogP contribution is 2.34. The van der Waals surface area contributed by atoms with Crippen molar-refractivity contribution in [2.75, 3.05) is 41.8 Å². The molecule has 174 valence electrons. The van der Waals surface area contributed by atoms with Gasteiger partial charge in [0.05, 0.1) is 16.8 Å². The number of benzene rings is 2. The number of hydrogen-bond donors (Lipinski definition) is 2. The summed E-state index contributed by atoms with van der Waals surface area (Å²) in [6.45, 7) is 3.09. The summed E-state index contributed by atoms with van der Waals surface area (Å²) >= 11 is 2.16. The first kappa shape index (κ1) is 22.6. The zero-order chi connectivity index (χ0) is 23.5. The van der Waals surface area contributed by atoms with Gasteiger partial charge in [0.1, 0.15) is 17.3 Å². The molecule has 1 aromatic heterocycles. The molecule has 0 spiro atoms. The van der Waals surface area contributed by atoms with Gasteiger partial charge in [-0.3, -0.25) is 9.59 Å². The molecule has 3 heterocycles. The maximum atomic E-state index is 12.9. The van der Waals surface area contributed by atoms with Crippen LogP contribution in [-0.4, -0.2) is 43.1 Å². The van der Waals surface area contributed by atoms with Crippen LogP contribution in [0.4, 0.5) is 17.2 Å². The van der Waals surface area contributed by atoms with Crippen LogP contribution in [0.2, 0.25) is 0 Å². The number of ether oxygens (including phenoxy) is 2. The van der Waals surface area contributed by atoms with Gasteiger partial charge in [0, 0.05) is 48.2 Å². The van der Waals surface area contributed by atoms with Crippen molar-refractivity contribution in [1.82, 2.24) is 4.98 Å². The zero-order valence-electron chi connectivity index (χ0n) is 18.3. The number of pyridine rings is 1. The van der Waals surface area contributed by atoms with Crippen molar-refractivity contribution in [3.8, 4) is 11.5 Å². The Morgan fingerprint density at radius 3 is 2.76 bits per heavy atom. The molecule has 2 aliphatic heterocycles. The second-order valence-corrected chi connectivity index (χ2v) is 9.20. The number of carbonyl (C=O) groups is 2. The van der Waals surface area contributed by atoms with Gasteiger partial charge in [-0.25, -0.2) is 4.98 Å². The molecule has 0 saturated carbocycles. The number of fused-ring (bicyclic) bond motifs is 1. The average Bonchev–Trinajstić information content (AvgIpc) is 2.86. The van der Waals surface area contributed by atoms with Gasteiger partial charge < -0.3 is 25.0 Å². The van der Waals surface area contributed by atoms with Crippen molar-refractivity contribution in [3.05, 3.63) is 69.4 Å². The molecule has 0 atom stereocenters. The van der Waals surface area contributed by atoms with Crippen LogP contribution in [0.1, 0.15) is 22.3 Å². The van der Waals surface area contributed by atoms with Gasteiger partial charge in [0.2, 0.25) is 5.91 Å². The number of carbonyl (C=O) groups excluding carboxylic acids is 2. The minimum Gasteiger partial charge on any atom is -0.456 e. The lowest BCUT2D eigenvalue weighted by atomic mass is 10.1. The van der Waals surface area contributed by atoms with Crippen LogP contribution < -0.4 is 20.3 Å². The molecule has 0 unspecified atom stereocenters. The van der Waals surface area contributed by atoms with Crippen molar-refractivity contribution in [2.24, 2.45) is 0 Å². The third kappa shape index (κ3) is 5.00. The van der Waals surface area contributed by atoms with E-state index in [-0.39, 0.29) is 11.8 Å². The molecule has 2 aromatic carbocycles. The predicted molar refractivity (Wildman–Crippen MR) is 138 cm³/mol. The molecule has 34 heavy (non-hydrogen) atoms. The Kier molecular flexibility index (Phi) is 6.63. The van der Waals surface area contributed by atoms with Crippen molar-refractivity contribution >= 4 is 51.6 Å². The van der Waals surface area contributed by atoms with Crippen molar-refractivity contribution in [3.63, 3.8) is 0 Å². The smallest absolute Gasteiger partial charge is 0.255 e. The Labute approximate surface area is 210 Å². The molecule has 8 nitrogen and oxygen atoms in total. The van der Waals surface area contributed by atoms with E-state index in [1.807, 2.05) is 24.3 Å². The number of halogens is 1. The summed E-state index contributed by atoms with van der Waals surface area (Å²) in [7, 11) is 0. The number of hydrogen-bond acceptors (Lipinski definition) is 6. The predicted octanol–water partition coefficient (Wildman–Crippen LogP) is 4.45. The molecule has 1 fully saturated rings. The fourth-order valence-corrected chi connectivity index (χ4v) is 4.63. The second-order valence-electron chi connectivity index (χ2n) is 8.04. The third-order valence-electron chi connectivity index (χ3n) is 5.77. The van der Waals surface area contributed by atoms with E-state index in [1.54, 1.807) is 30.5 Å². The van der Waals surface area contributed by atoms with Crippen molar-refractivity contribution in [2.45, 2.75) is 12.8 Å². The monoisotopic (exact) mass is 570 g/mol. The van der Waals surface area contributed by atoms with Gasteiger partial charge in [-0.15, -0.1) is 0 Å². The van der Waals surface area contributed by atoms with E-state index in [0.717, 1.165) is 33.6 Å². The lowest BCUT2D eigenvalue weighted by molar-refractivity contribution is -0.116. The Hall–Kier alpha value is -3.18. The number of amides is 2. The van der Waals surface area contributed by atoms with E-state index >= 15 is 0 Å². The molecule has 0 bridgehead atoms. The molecule has 2 aliphatic rings. The first-order chi connectivity index (χ1) is 16.6. The standard InChI is InChI=1S/C25H23IN4O4/c26-20-14-16(25(32)28-17-2-1-3-18(15-17)30-10-12-33-13-11-30)4-6-22(20)34-21-8-9-27-24-19(21)5-7-23(31)29-24/h1-4,6,8-9,14-15H,5,7,10-13H2,(H,28,32)(H,27,29,31). The van der Waals surface area contributed by atoms with Gasteiger partial charge >= 0.3 is 0 Å². The molecule has 1 saturated heterocycles. The van der Waals surface area contributed by atoms with Crippen LogP contribution in [0, 0.1) is 3.57 Å². The summed E-state index contributed by atoms with van der Waals surface area (Å²) in [6.07, 6.45) is 2.59. The van der Waals surface area contributed by atoms with Gasteiger partial charge in [-0.1, -0.05) is 6.07 Å². The topological polar surface area (TPSA) is 92.8 Å². The van der Waals surface area contributed by atoms with Crippen LogP contribution in [0.15, 0.2) is 54.7 Å². The molecule has 3 aromatic rings. The fraction of sp³-hybridized carbons (Fsp3) is 0.240. The van der Waals surface area contributed by atoms with E-state index < -0.39 is 0 Å². The van der Waals surface area contributed by atoms with Crippen LogP contribution in [0.25, 0.3) is 0 Å². The minimum absolute atomic E-state index is 0.0439. The van der Waals surface area contributed by atoms with Crippen molar-refractivity contribution < 1.29 is 19.1 Å². The molecule has 2 N–H and O–H groups in total. The van der Waals surface area contributed by atoms with Crippen LogP contribution in [0.3, 0.4) is 0 Å². The summed E-state index contributed by atoms with van der Waals surface area (Å²) in [5.41, 5.74) is 3.23. The number of rotatable bonds is 5.